The molecule has 2 N–H and O–H groups in total. The summed E-state index contributed by atoms with van der Waals surface area (Å²) >= 11 is 0. The molecular formula is C24H17FN4O2. The number of benzene rings is 2. The molecule has 31 heavy (non-hydrogen) atoms. The van der Waals surface area contributed by atoms with Gasteiger partial charge in [-0.2, -0.15) is 0 Å². The summed E-state index contributed by atoms with van der Waals surface area (Å²) in [6, 6.07) is 10.4. The first kappa shape index (κ1) is 18.9. The number of carbonyl (C=O) groups is 1. The lowest BCUT2D eigenvalue weighted by molar-refractivity contribution is 0.0995. The Morgan fingerprint density at radius 2 is 1.84 bits per heavy atom. The fourth-order valence-electron chi connectivity index (χ4n) is 4.02. The van der Waals surface area contributed by atoms with Gasteiger partial charge in [0.1, 0.15) is 23.6 Å². The number of hydrogen-bond acceptors (Lipinski definition) is 5. The third kappa shape index (κ3) is 3.20. The number of carbonyl (C=O) groups excluding carboxylic acids is 1. The highest BCUT2D eigenvalue weighted by molar-refractivity contribution is 6.00. The predicted molar refractivity (Wildman–Crippen MR) is 113 cm³/mol. The minimum absolute atomic E-state index is 0.197. The normalized spacial score (nSPS) is 11.7. The third-order valence-electron chi connectivity index (χ3n) is 5.38. The number of aromatic nitrogens is 3. The number of halogens is 1. The van der Waals surface area contributed by atoms with Crippen LogP contribution in [-0.4, -0.2) is 20.9 Å². The average molecular weight is 412 g/mol. The molecule has 2 aromatic heterocycles. The number of aryl methyl sites for hydroxylation is 1. The largest absolute Gasteiger partial charge is 0.454 e. The molecule has 2 heterocycles. The molecule has 4 aromatic rings. The molecule has 0 aliphatic heterocycles. The van der Waals surface area contributed by atoms with E-state index in [0.29, 0.717) is 34.6 Å². The maximum Gasteiger partial charge on any atom is 0.267 e. The number of rotatable bonds is 4. The van der Waals surface area contributed by atoms with Crippen molar-refractivity contribution >= 4 is 5.91 Å². The molecule has 1 aliphatic carbocycles. The molecule has 0 spiro atoms. The van der Waals surface area contributed by atoms with Gasteiger partial charge in [-0.3, -0.25) is 9.78 Å². The van der Waals surface area contributed by atoms with Gasteiger partial charge in [0, 0.05) is 23.7 Å². The molecule has 7 heteroatoms. The van der Waals surface area contributed by atoms with E-state index in [4.69, 9.17) is 10.5 Å². The average Bonchev–Trinajstić information content (AvgIpc) is 3.12. The molecule has 2 aromatic carbocycles. The van der Waals surface area contributed by atoms with Crippen LogP contribution in [0.15, 0.2) is 61.3 Å². The first-order chi connectivity index (χ1) is 15.0. The van der Waals surface area contributed by atoms with E-state index in [0.717, 1.165) is 22.3 Å². The van der Waals surface area contributed by atoms with Gasteiger partial charge in [0.25, 0.3) is 5.91 Å². The molecular weight excluding hydrogens is 395 g/mol. The van der Waals surface area contributed by atoms with Gasteiger partial charge in [-0.05, 0) is 46.9 Å². The van der Waals surface area contributed by atoms with Gasteiger partial charge < -0.3 is 10.5 Å². The number of hydrogen-bond donors (Lipinski definition) is 1. The lowest BCUT2D eigenvalue weighted by atomic mass is 9.94. The van der Waals surface area contributed by atoms with E-state index in [2.05, 4.69) is 15.0 Å². The van der Waals surface area contributed by atoms with Crippen molar-refractivity contribution in [3.8, 4) is 33.8 Å². The van der Waals surface area contributed by atoms with Crippen molar-refractivity contribution in [3.05, 3.63) is 89.5 Å². The van der Waals surface area contributed by atoms with Gasteiger partial charge >= 0.3 is 0 Å². The van der Waals surface area contributed by atoms with Gasteiger partial charge in [-0.1, -0.05) is 24.3 Å². The summed E-state index contributed by atoms with van der Waals surface area (Å²) in [4.78, 5) is 24.3. The van der Waals surface area contributed by atoms with Gasteiger partial charge in [0.05, 0.1) is 12.4 Å². The highest BCUT2D eigenvalue weighted by Gasteiger charge is 2.29. The standard InChI is InChI=1S/C24H17FN4O2/c1-13-6-14-7-18-22(17(14)8-21(13)31-15-9-27-12-28-10-15)19(11-29-23(18)24(26)30)16-4-2-3-5-20(16)25/h2-6,8-12H,7H2,1H3,(H2,26,30). The molecule has 0 saturated carbocycles. The van der Waals surface area contributed by atoms with E-state index >= 15 is 0 Å². The van der Waals surface area contributed by atoms with Crippen LogP contribution in [0, 0.1) is 12.7 Å². The lowest BCUT2D eigenvalue weighted by Crippen LogP contribution is -2.16. The smallest absolute Gasteiger partial charge is 0.267 e. The quantitative estimate of drug-likeness (QED) is 0.471. The van der Waals surface area contributed by atoms with Crippen LogP contribution in [0.1, 0.15) is 27.2 Å². The molecule has 1 aliphatic rings. The van der Waals surface area contributed by atoms with Crippen LogP contribution in [-0.2, 0) is 6.42 Å². The van der Waals surface area contributed by atoms with Crippen molar-refractivity contribution in [2.24, 2.45) is 5.73 Å². The third-order valence-corrected chi connectivity index (χ3v) is 5.38. The second-order valence-electron chi connectivity index (χ2n) is 7.35. The number of pyridine rings is 1. The van der Waals surface area contributed by atoms with E-state index in [9.17, 15) is 9.18 Å². The fraction of sp³-hybridized carbons (Fsp3) is 0.0833. The van der Waals surface area contributed by atoms with Gasteiger partial charge in [0.2, 0.25) is 0 Å². The molecule has 0 bridgehead atoms. The zero-order valence-corrected chi connectivity index (χ0v) is 16.6. The summed E-state index contributed by atoms with van der Waals surface area (Å²) in [5.41, 5.74) is 11.0. The van der Waals surface area contributed by atoms with Crippen molar-refractivity contribution in [1.29, 1.82) is 0 Å². The van der Waals surface area contributed by atoms with Crippen molar-refractivity contribution in [2.75, 3.05) is 0 Å². The van der Waals surface area contributed by atoms with Crippen LogP contribution < -0.4 is 10.5 Å². The molecule has 0 unspecified atom stereocenters. The number of amides is 1. The second-order valence-corrected chi connectivity index (χ2v) is 7.35. The van der Waals surface area contributed by atoms with E-state index < -0.39 is 5.91 Å². The van der Waals surface area contributed by atoms with E-state index in [1.807, 2.05) is 19.1 Å². The maximum atomic E-state index is 14.7. The van der Waals surface area contributed by atoms with Crippen molar-refractivity contribution in [3.63, 3.8) is 0 Å². The van der Waals surface area contributed by atoms with E-state index in [-0.39, 0.29) is 11.5 Å². The Hall–Kier alpha value is -4.13. The Morgan fingerprint density at radius 3 is 2.58 bits per heavy atom. The van der Waals surface area contributed by atoms with Gasteiger partial charge in [0.15, 0.2) is 5.75 Å². The molecule has 0 radical (unpaired) electrons. The Kier molecular flexibility index (Phi) is 4.43. The van der Waals surface area contributed by atoms with Crippen LogP contribution in [0.2, 0.25) is 0 Å². The van der Waals surface area contributed by atoms with Crippen molar-refractivity contribution < 1.29 is 13.9 Å². The molecule has 5 rings (SSSR count). The minimum atomic E-state index is -0.612. The summed E-state index contributed by atoms with van der Waals surface area (Å²) < 4.78 is 20.6. The van der Waals surface area contributed by atoms with Crippen LogP contribution in [0.3, 0.4) is 0 Å². The Morgan fingerprint density at radius 1 is 1.06 bits per heavy atom. The van der Waals surface area contributed by atoms with Crippen LogP contribution >= 0.6 is 0 Å². The summed E-state index contributed by atoms with van der Waals surface area (Å²) in [7, 11) is 0. The van der Waals surface area contributed by atoms with Crippen LogP contribution in [0.5, 0.6) is 11.5 Å². The minimum Gasteiger partial charge on any atom is -0.454 e. The molecule has 0 atom stereocenters. The van der Waals surface area contributed by atoms with Crippen molar-refractivity contribution in [1.82, 2.24) is 15.0 Å². The highest BCUT2D eigenvalue weighted by atomic mass is 19.1. The van der Waals surface area contributed by atoms with E-state index in [1.165, 1.54) is 18.6 Å². The molecule has 152 valence electrons. The topological polar surface area (TPSA) is 91.0 Å². The number of nitrogens with two attached hydrogens (primary N) is 1. The van der Waals surface area contributed by atoms with E-state index in [1.54, 1.807) is 30.6 Å². The number of primary amides is 1. The Balaban J connectivity index is 1.73. The van der Waals surface area contributed by atoms with Gasteiger partial charge in [-0.15, -0.1) is 0 Å². The molecule has 6 nitrogen and oxygen atoms in total. The summed E-state index contributed by atoms with van der Waals surface area (Å²) in [5.74, 6) is 0.152. The number of ether oxygens (including phenoxy) is 1. The highest BCUT2D eigenvalue weighted by Crippen LogP contribution is 2.46. The summed E-state index contributed by atoms with van der Waals surface area (Å²) in [6.45, 7) is 1.94. The zero-order valence-electron chi connectivity index (χ0n) is 16.6. The summed E-state index contributed by atoms with van der Waals surface area (Å²) in [6.07, 6.45) is 6.57. The predicted octanol–water partition coefficient (Wildman–Crippen LogP) is 4.45. The molecule has 1 amide bonds. The van der Waals surface area contributed by atoms with Gasteiger partial charge in [-0.25, -0.2) is 14.4 Å². The zero-order chi connectivity index (χ0) is 21.5. The monoisotopic (exact) mass is 412 g/mol. The SMILES string of the molecule is Cc1cc2c(cc1Oc1cncnc1)-c1c(-c3ccccc3F)cnc(C(N)=O)c1C2. The summed E-state index contributed by atoms with van der Waals surface area (Å²) in [5, 5.41) is 0. The molecule has 0 fully saturated rings. The number of fused-ring (bicyclic) bond motifs is 3. The number of nitrogens with zero attached hydrogens (tertiary/aromatic N) is 3. The van der Waals surface area contributed by atoms with Crippen LogP contribution in [0.4, 0.5) is 4.39 Å². The first-order valence-electron chi connectivity index (χ1n) is 9.66. The Bertz CT molecular complexity index is 1340. The van der Waals surface area contributed by atoms with Crippen molar-refractivity contribution in [2.45, 2.75) is 13.3 Å². The first-order valence-corrected chi connectivity index (χ1v) is 9.66. The molecule has 0 saturated heterocycles. The maximum absolute atomic E-state index is 14.7. The fourth-order valence-corrected chi connectivity index (χ4v) is 4.02. The lowest BCUT2D eigenvalue weighted by Gasteiger charge is -2.14. The van der Waals surface area contributed by atoms with Crippen LogP contribution in [0.25, 0.3) is 22.3 Å². The Labute approximate surface area is 177 Å². The second kappa shape index (κ2) is 7.28.